The maximum atomic E-state index is 13.2. The topological polar surface area (TPSA) is 110 Å². The van der Waals surface area contributed by atoms with Gasteiger partial charge in [0, 0.05) is 56.0 Å². The van der Waals surface area contributed by atoms with Crippen LogP contribution in [0.25, 0.3) is 0 Å². The van der Waals surface area contributed by atoms with Crippen LogP contribution in [0.3, 0.4) is 0 Å². The van der Waals surface area contributed by atoms with E-state index in [1.165, 1.54) is 10.4 Å². The lowest BCUT2D eigenvalue weighted by Crippen LogP contribution is -2.49. The summed E-state index contributed by atoms with van der Waals surface area (Å²) in [4.78, 5) is 21.8. The maximum absolute atomic E-state index is 13.2. The van der Waals surface area contributed by atoms with E-state index in [-0.39, 0.29) is 29.6 Å². The maximum Gasteiger partial charge on any atom is 0.271 e. The molecule has 3 rings (SSSR count). The average molecular weight is 434 g/mol. The van der Waals surface area contributed by atoms with Crippen LogP contribution in [-0.2, 0) is 10.0 Å². The predicted octanol–water partition coefficient (Wildman–Crippen LogP) is 2.94. The van der Waals surface area contributed by atoms with Crippen molar-refractivity contribution in [2.45, 2.75) is 45.4 Å². The third kappa shape index (κ3) is 4.29. The summed E-state index contributed by atoms with van der Waals surface area (Å²) in [5.41, 5.74) is 1.78. The van der Waals surface area contributed by atoms with E-state index in [0.717, 1.165) is 23.4 Å². The summed E-state index contributed by atoms with van der Waals surface area (Å²) in [6.45, 7) is 10.9. The minimum atomic E-state index is -3.84. The Morgan fingerprint density at radius 3 is 2.23 bits per heavy atom. The van der Waals surface area contributed by atoms with E-state index in [2.05, 4.69) is 14.9 Å². The van der Waals surface area contributed by atoms with E-state index in [4.69, 9.17) is 0 Å². The molecule has 162 valence electrons. The highest BCUT2D eigenvalue weighted by atomic mass is 32.2. The molecule has 1 saturated heterocycles. The highest BCUT2D eigenvalue weighted by Gasteiger charge is 2.32. The number of hydrogen-bond donors (Lipinski definition) is 0. The molecule has 0 saturated carbocycles. The molecule has 9 nitrogen and oxygen atoms in total. The van der Waals surface area contributed by atoms with E-state index in [1.54, 1.807) is 13.8 Å². The SMILES string of the molecule is Cc1cc(N2CCN(S(=O)(=O)c3cc([N+](=O)[O-])cc(C)c3C)CC2)nc(C(C)C)n1. The Kier molecular flexibility index (Phi) is 6.09. The first-order valence-electron chi connectivity index (χ1n) is 9.87. The molecular weight excluding hydrogens is 406 g/mol. The number of piperazine rings is 1. The van der Waals surface area contributed by atoms with E-state index < -0.39 is 14.9 Å². The summed E-state index contributed by atoms with van der Waals surface area (Å²) < 4.78 is 27.9. The zero-order valence-electron chi connectivity index (χ0n) is 17.9. The number of hydrogen-bond acceptors (Lipinski definition) is 7. The summed E-state index contributed by atoms with van der Waals surface area (Å²) in [5.74, 6) is 1.76. The summed E-state index contributed by atoms with van der Waals surface area (Å²) in [5, 5.41) is 11.2. The summed E-state index contributed by atoms with van der Waals surface area (Å²) >= 11 is 0. The third-order valence-corrected chi connectivity index (χ3v) is 7.39. The second kappa shape index (κ2) is 8.27. The van der Waals surface area contributed by atoms with Crippen molar-refractivity contribution in [1.82, 2.24) is 14.3 Å². The summed E-state index contributed by atoms with van der Waals surface area (Å²) in [6, 6.07) is 4.47. The van der Waals surface area contributed by atoms with Crippen molar-refractivity contribution >= 4 is 21.5 Å². The van der Waals surface area contributed by atoms with Gasteiger partial charge in [-0.1, -0.05) is 13.8 Å². The van der Waals surface area contributed by atoms with Gasteiger partial charge in [0.05, 0.1) is 9.82 Å². The van der Waals surface area contributed by atoms with Crippen molar-refractivity contribution in [2.75, 3.05) is 31.1 Å². The molecule has 0 bridgehead atoms. The fraction of sp³-hybridized carbons (Fsp3) is 0.500. The second-order valence-electron chi connectivity index (χ2n) is 7.91. The van der Waals surface area contributed by atoms with Gasteiger partial charge in [0.2, 0.25) is 10.0 Å². The van der Waals surface area contributed by atoms with Gasteiger partial charge in [0.25, 0.3) is 5.69 Å². The number of nitro benzene ring substituents is 1. The molecule has 30 heavy (non-hydrogen) atoms. The number of anilines is 1. The number of nitro groups is 1. The van der Waals surface area contributed by atoms with Crippen molar-refractivity contribution in [1.29, 1.82) is 0 Å². The number of rotatable bonds is 5. The van der Waals surface area contributed by atoms with Gasteiger partial charge in [-0.05, 0) is 31.9 Å². The molecule has 1 aliphatic rings. The molecule has 1 aromatic heterocycles. The Balaban J connectivity index is 1.84. The molecule has 1 aliphatic heterocycles. The molecule has 0 aliphatic carbocycles. The quantitative estimate of drug-likeness (QED) is 0.527. The van der Waals surface area contributed by atoms with Crippen LogP contribution >= 0.6 is 0 Å². The number of benzene rings is 1. The van der Waals surface area contributed by atoms with Gasteiger partial charge in [0.15, 0.2) is 0 Å². The molecule has 0 atom stereocenters. The van der Waals surface area contributed by atoms with Gasteiger partial charge < -0.3 is 4.90 Å². The minimum Gasteiger partial charge on any atom is -0.354 e. The third-order valence-electron chi connectivity index (χ3n) is 5.37. The van der Waals surface area contributed by atoms with Crippen molar-refractivity contribution in [2.24, 2.45) is 0 Å². The van der Waals surface area contributed by atoms with Crippen LogP contribution in [0.15, 0.2) is 23.1 Å². The van der Waals surface area contributed by atoms with Crippen molar-refractivity contribution < 1.29 is 13.3 Å². The standard InChI is InChI=1S/C20H27N5O4S/c1-13(2)20-21-15(4)11-19(22-20)23-6-8-24(9-7-23)30(28,29)18-12-17(25(26)27)10-14(3)16(18)5/h10-13H,6-9H2,1-5H3. The lowest BCUT2D eigenvalue weighted by Gasteiger charge is -2.35. The first-order chi connectivity index (χ1) is 14.0. The summed E-state index contributed by atoms with van der Waals surface area (Å²) in [7, 11) is -3.84. The molecule has 10 heteroatoms. The van der Waals surface area contributed by atoms with Gasteiger partial charge in [0.1, 0.15) is 11.6 Å². The number of sulfonamides is 1. The Labute approximate surface area is 177 Å². The lowest BCUT2D eigenvalue weighted by molar-refractivity contribution is -0.385. The average Bonchev–Trinajstić information content (AvgIpc) is 2.69. The van der Waals surface area contributed by atoms with E-state index in [1.807, 2.05) is 26.8 Å². The van der Waals surface area contributed by atoms with Gasteiger partial charge in [-0.3, -0.25) is 10.1 Å². The normalized spacial score (nSPS) is 15.6. The number of aromatic nitrogens is 2. The Hall–Kier alpha value is -2.59. The molecule has 0 spiro atoms. The zero-order valence-corrected chi connectivity index (χ0v) is 18.7. The monoisotopic (exact) mass is 433 g/mol. The van der Waals surface area contributed by atoms with Gasteiger partial charge in [-0.25, -0.2) is 18.4 Å². The van der Waals surface area contributed by atoms with Crippen LogP contribution < -0.4 is 4.90 Å². The van der Waals surface area contributed by atoms with E-state index in [9.17, 15) is 18.5 Å². The molecule has 2 heterocycles. The Morgan fingerprint density at radius 2 is 1.67 bits per heavy atom. The molecular formula is C20H27N5O4S. The highest BCUT2D eigenvalue weighted by molar-refractivity contribution is 7.89. The van der Waals surface area contributed by atoms with Crippen LogP contribution in [0.1, 0.15) is 42.4 Å². The highest BCUT2D eigenvalue weighted by Crippen LogP contribution is 2.29. The number of nitrogens with zero attached hydrogens (tertiary/aromatic N) is 5. The molecule has 1 aromatic carbocycles. The van der Waals surface area contributed by atoms with E-state index in [0.29, 0.717) is 24.2 Å². The second-order valence-corrected chi connectivity index (χ2v) is 9.82. The first-order valence-corrected chi connectivity index (χ1v) is 11.3. The predicted molar refractivity (Wildman–Crippen MR) is 114 cm³/mol. The zero-order chi connectivity index (χ0) is 22.2. The molecule has 0 unspecified atom stereocenters. The van der Waals surface area contributed by atoms with Crippen molar-refractivity contribution in [3.05, 3.63) is 51.0 Å². The number of aryl methyl sites for hydroxylation is 2. The Bertz CT molecular complexity index is 1080. The Morgan fingerprint density at radius 1 is 1.03 bits per heavy atom. The van der Waals surface area contributed by atoms with Crippen molar-refractivity contribution in [3.63, 3.8) is 0 Å². The molecule has 1 fully saturated rings. The van der Waals surface area contributed by atoms with Gasteiger partial charge in [-0.15, -0.1) is 0 Å². The molecule has 0 N–H and O–H groups in total. The minimum absolute atomic E-state index is 0.00243. The smallest absolute Gasteiger partial charge is 0.271 e. The van der Waals surface area contributed by atoms with Gasteiger partial charge in [-0.2, -0.15) is 4.31 Å². The largest absolute Gasteiger partial charge is 0.354 e. The fourth-order valence-corrected chi connectivity index (χ4v) is 5.21. The molecule has 2 aromatic rings. The van der Waals surface area contributed by atoms with Crippen LogP contribution in [0.2, 0.25) is 0 Å². The van der Waals surface area contributed by atoms with Crippen LogP contribution in [-0.4, -0.2) is 53.8 Å². The van der Waals surface area contributed by atoms with Gasteiger partial charge >= 0.3 is 0 Å². The van der Waals surface area contributed by atoms with Crippen LogP contribution in [0.5, 0.6) is 0 Å². The van der Waals surface area contributed by atoms with Crippen molar-refractivity contribution in [3.8, 4) is 0 Å². The number of non-ortho nitro benzene ring substituents is 1. The first kappa shape index (κ1) is 22.1. The van der Waals surface area contributed by atoms with E-state index >= 15 is 0 Å². The fourth-order valence-electron chi connectivity index (χ4n) is 3.47. The molecule has 0 radical (unpaired) electrons. The summed E-state index contributed by atoms with van der Waals surface area (Å²) in [6.07, 6.45) is 0. The molecule has 0 amide bonds. The van der Waals surface area contributed by atoms with Crippen LogP contribution in [0.4, 0.5) is 11.5 Å². The lowest BCUT2D eigenvalue weighted by atomic mass is 10.1. The van der Waals surface area contributed by atoms with Crippen LogP contribution in [0, 0.1) is 30.9 Å².